The number of aliphatic carboxylic acids is 1. The van der Waals surface area contributed by atoms with Gasteiger partial charge in [0.1, 0.15) is 19.8 Å². The molecule has 2 N–H and O–H groups in total. The van der Waals surface area contributed by atoms with Crippen LogP contribution in [0.4, 0.5) is 17.1 Å². The van der Waals surface area contributed by atoms with Crippen LogP contribution in [0.5, 0.6) is 0 Å². The summed E-state index contributed by atoms with van der Waals surface area (Å²) in [6.07, 6.45) is 7.66. The summed E-state index contributed by atoms with van der Waals surface area (Å²) in [5.74, 6) is -2.66. The summed E-state index contributed by atoms with van der Waals surface area (Å²) >= 11 is 5.08. The predicted octanol–water partition coefficient (Wildman–Crippen LogP) is 7.48. The van der Waals surface area contributed by atoms with Crippen molar-refractivity contribution in [3.05, 3.63) is 162 Å². The van der Waals surface area contributed by atoms with Gasteiger partial charge in [0.15, 0.2) is 0 Å². The van der Waals surface area contributed by atoms with Gasteiger partial charge in [0.05, 0.1) is 21.4 Å². The maximum Gasteiger partial charge on any atom is 0.333 e. The fourth-order valence-electron chi connectivity index (χ4n) is 3.32. The van der Waals surface area contributed by atoms with Gasteiger partial charge in [-0.2, -0.15) is 0 Å². The molecule has 0 unspecified atom stereocenters. The summed E-state index contributed by atoms with van der Waals surface area (Å²) in [5.41, 5.74) is 2.50. The van der Waals surface area contributed by atoms with Crippen LogP contribution in [0, 0.1) is 30.3 Å². The van der Waals surface area contributed by atoms with Crippen molar-refractivity contribution in [2.24, 2.45) is 0 Å². The number of ether oxygens (including phenoxy) is 3. The summed E-state index contributed by atoms with van der Waals surface area (Å²) < 4.78 is 23.1. The minimum absolute atomic E-state index is 0.0133. The van der Waals surface area contributed by atoms with Crippen molar-refractivity contribution < 1.29 is 67.4 Å². The van der Waals surface area contributed by atoms with Crippen molar-refractivity contribution >= 4 is 107 Å². The highest BCUT2D eigenvalue weighted by Gasteiger charge is 2.06. The van der Waals surface area contributed by atoms with Crippen LogP contribution < -0.4 is 0 Å². The lowest BCUT2D eigenvalue weighted by Gasteiger charge is -2.04. The van der Waals surface area contributed by atoms with E-state index in [1.165, 1.54) is 110 Å². The molecule has 63 heavy (non-hydrogen) atoms. The molecule has 3 aromatic rings. The van der Waals surface area contributed by atoms with Crippen LogP contribution in [0.1, 0.15) is 30.5 Å². The minimum atomic E-state index is -1.67. The van der Waals surface area contributed by atoms with Gasteiger partial charge in [-0.05, 0) is 96.8 Å². The monoisotopic (exact) mass is 957 g/mol. The molecule has 0 saturated heterocycles. The highest BCUT2D eigenvalue weighted by molar-refractivity contribution is 8.26. The molecule has 3 rings (SSSR count). The van der Waals surface area contributed by atoms with Gasteiger partial charge in [0.25, 0.3) is 17.1 Å². The first-order valence-corrected chi connectivity index (χ1v) is 20.1. The normalized spacial score (nSPS) is 9.95. The number of nitro groups is 3. The van der Waals surface area contributed by atoms with E-state index in [9.17, 15) is 54.3 Å². The molecule has 0 aliphatic rings. The Hall–Kier alpha value is -6.91. The second-order valence-corrected chi connectivity index (χ2v) is 14.0. The SMILES string of the molecule is C=C(C)C(=O)OCCO.C=C(C)C(=O)OCCOC(=O)/C=C/c1ccc([N+](=O)[O-])cc1.O=C(Cl)/C=C/c1ccc([N+](=O)[O-])cc1.O=C(O)/C=C/c1ccc([N+](=O)[O-])cc1.O=S(Cl)Cl. The number of rotatable bonds is 16. The van der Waals surface area contributed by atoms with Crippen LogP contribution in [0.25, 0.3) is 18.2 Å². The molecule has 0 atom stereocenters. The van der Waals surface area contributed by atoms with Crippen LogP contribution in [-0.2, 0) is 47.4 Å². The number of non-ortho nitro benzene ring substituents is 3. The topological polar surface area (TPSA) is 300 Å². The number of hydrogen-bond acceptors (Lipinski definition) is 16. The first-order valence-electron chi connectivity index (χ1n) is 16.9. The molecule has 0 amide bonds. The Balaban J connectivity index is 0. The van der Waals surface area contributed by atoms with Crippen molar-refractivity contribution in [1.82, 2.24) is 0 Å². The number of aliphatic hydroxyl groups excluding tert-OH is 1. The smallest absolute Gasteiger partial charge is 0.333 e. The van der Waals surface area contributed by atoms with Gasteiger partial charge < -0.3 is 24.4 Å². The van der Waals surface area contributed by atoms with E-state index in [2.05, 4.69) is 39.3 Å². The summed E-state index contributed by atoms with van der Waals surface area (Å²) in [6, 6.07) is 17.1. The summed E-state index contributed by atoms with van der Waals surface area (Å²) in [7, 11) is 7.36. The lowest BCUT2D eigenvalue weighted by Crippen LogP contribution is -2.12. The Morgan fingerprint density at radius 3 is 1.21 bits per heavy atom. The predicted molar refractivity (Wildman–Crippen MR) is 234 cm³/mol. The molecule has 0 spiro atoms. The fourth-order valence-corrected chi connectivity index (χ4v) is 3.39. The number of carbonyl (C=O) groups is 5. The van der Waals surface area contributed by atoms with Crippen molar-refractivity contribution in [3.63, 3.8) is 0 Å². The molecule has 338 valence electrons. The zero-order valence-corrected chi connectivity index (χ0v) is 36.1. The van der Waals surface area contributed by atoms with Gasteiger partial charge >= 0.3 is 23.9 Å². The molecular formula is C39H38Cl3N3O17S. The van der Waals surface area contributed by atoms with Crippen molar-refractivity contribution in [2.45, 2.75) is 13.8 Å². The second kappa shape index (κ2) is 33.8. The largest absolute Gasteiger partial charge is 0.478 e. The van der Waals surface area contributed by atoms with E-state index in [0.29, 0.717) is 22.3 Å². The summed E-state index contributed by atoms with van der Waals surface area (Å²) in [4.78, 5) is 83.0. The van der Waals surface area contributed by atoms with Crippen LogP contribution in [0.15, 0.2) is 115 Å². The number of esters is 3. The van der Waals surface area contributed by atoms with Crippen molar-refractivity contribution in [1.29, 1.82) is 0 Å². The van der Waals surface area contributed by atoms with Gasteiger partial charge in [-0.3, -0.25) is 35.1 Å². The molecule has 0 fully saturated rings. The molecule has 0 bridgehead atoms. The van der Waals surface area contributed by atoms with E-state index in [0.717, 1.165) is 6.08 Å². The van der Waals surface area contributed by atoms with Crippen molar-refractivity contribution in [2.75, 3.05) is 26.4 Å². The third-order valence-corrected chi connectivity index (χ3v) is 6.26. The Bertz CT molecular complexity index is 2080. The highest BCUT2D eigenvalue weighted by atomic mass is 36.0. The Labute approximate surface area is 375 Å². The summed E-state index contributed by atoms with van der Waals surface area (Å²) in [5, 5.41) is 47.0. The zero-order valence-electron chi connectivity index (χ0n) is 33.0. The fraction of sp³-hybridized carbons (Fsp3) is 0.154. The molecule has 0 heterocycles. The summed E-state index contributed by atoms with van der Waals surface area (Å²) in [6.45, 7) is 9.62. The third kappa shape index (κ3) is 32.5. The number of allylic oxidation sites excluding steroid dienone is 1. The quantitative estimate of drug-likeness (QED) is 0.0267. The van der Waals surface area contributed by atoms with Gasteiger partial charge in [-0.25, -0.2) is 23.4 Å². The number of nitrogens with zero attached hydrogens (tertiary/aromatic N) is 3. The first-order chi connectivity index (χ1) is 29.5. The second-order valence-electron chi connectivity index (χ2n) is 11.1. The van der Waals surface area contributed by atoms with Crippen molar-refractivity contribution in [3.8, 4) is 0 Å². The number of nitro benzene ring substituents is 3. The first kappa shape index (κ1) is 58.2. The van der Waals surface area contributed by atoms with E-state index in [1.54, 1.807) is 6.92 Å². The third-order valence-electron chi connectivity index (χ3n) is 6.13. The maximum absolute atomic E-state index is 11.4. The Morgan fingerprint density at radius 1 is 0.619 bits per heavy atom. The minimum Gasteiger partial charge on any atom is -0.478 e. The van der Waals surface area contributed by atoms with Gasteiger partial charge in [-0.15, -0.1) is 0 Å². The number of aliphatic hydroxyl groups is 1. The van der Waals surface area contributed by atoms with E-state index in [1.807, 2.05) is 0 Å². The number of carboxylic acid groups (broad SMARTS) is 1. The van der Waals surface area contributed by atoms with Crippen LogP contribution >= 0.6 is 33.0 Å². The molecular weight excluding hydrogens is 921 g/mol. The van der Waals surface area contributed by atoms with E-state index < -0.39 is 53.1 Å². The molecule has 0 aliphatic carbocycles. The number of carbonyl (C=O) groups excluding carboxylic acids is 4. The van der Waals surface area contributed by atoms with Gasteiger partial charge in [-0.1, -0.05) is 19.2 Å². The number of carboxylic acids is 1. The molecule has 0 aliphatic heterocycles. The molecule has 20 nitrogen and oxygen atoms in total. The van der Waals surface area contributed by atoms with Gasteiger partial charge in [0.2, 0.25) is 14.5 Å². The van der Waals surface area contributed by atoms with Crippen LogP contribution in [0.2, 0.25) is 0 Å². The van der Waals surface area contributed by atoms with E-state index in [-0.39, 0.29) is 49.1 Å². The average Bonchev–Trinajstić information content (AvgIpc) is 3.22. The van der Waals surface area contributed by atoms with Gasteiger partial charge in [0, 0.05) is 81.1 Å². The van der Waals surface area contributed by atoms with Crippen LogP contribution in [-0.4, -0.2) is 84.7 Å². The standard InChI is InChI=1S/C15H15NO6.C9H6ClNO3.C9H7NO4.C6H10O3.Cl2OS/c1-11(2)15(18)22-10-9-21-14(17)8-5-12-3-6-13(7-4-12)16(19)20;10-9(12)6-3-7-1-4-8(5-2-7)11(13)14;11-9(12)6-3-7-1-4-8(5-2-7)10(13)14;1-5(2)6(8)9-4-3-7;1-4(2)3/h3-8H,1,9-10H2,2H3;1-6H;1-6H,(H,11,12);7H,1,3-4H2,2H3;/b8-5+;2*6-3+;;. The lowest BCUT2D eigenvalue weighted by atomic mass is 10.2. The maximum atomic E-state index is 11.4. The van der Waals surface area contributed by atoms with E-state index in [4.69, 9.17) is 35.5 Å². The zero-order chi connectivity index (χ0) is 48.5. The molecule has 0 radical (unpaired) electrons. The van der Waals surface area contributed by atoms with E-state index >= 15 is 0 Å². The number of benzene rings is 3. The highest BCUT2D eigenvalue weighted by Crippen LogP contribution is 2.15. The Morgan fingerprint density at radius 2 is 0.921 bits per heavy atom. The Kier molecular flexibility index (Phi) is 31.2. The average molecular weight is 959 g/mol. The molecule has 0 aromatic heterocycles. The lowest BCUT2D eigenvalue weighted by molar-refractivity contribution is -0.385. The molecule has 0 saturated carbocycles. The molecule has 3 aromatic carbocycles. The molecule has 24 heteroatoms. The number of hydrogen-bond donors (Lipinski definition) is 2. The van der Waals surface area contributed by atoms with Crippen LogP contribution in [0.3, 0.4) is 0 Å². The number of halogens is 3.